The van der Waals surface area contributed by atoms with Gasteiger partial charge in [-0.2, -0.15) is 0 Å². The Labute approximate surface area is 214 Å². The zero-order valence-corrected chi connectivity index (χ0v) is 22.7. The number of hydrogen-bond donors (Lipinski definition) is 2. The quantitative estimate of drug-likeness (QED) is 0.482. The van der Waals surface area contributed by atoms with Crippen LogP contribution in [-0.4, -0.2) is 80.6 Å². The Bertz CT molecular complexity index is 1440. The fourth-order valence-corrected chi connectivity index (χ4v) is 5.65. The maximum absolute atomic E-state index is 12.6. The number of rotatable bonds is 4. The van der Waals surface area contributed by atoms with Crippen molar-refractivity contribution in [3.8, 4) is 0 Å². The monoisotopic (exact) mass is 528 g/mol. The van der Waals surface area contributed by atoms with Crippen LogP contribution in [0, 0.1) is 11.8 Å². The number of likely N-dealkylation sites (tertiary alicyclic amines) is 1. The third-order valence-corrected chi connectivity index (χ3v) is 7.90. The van der Waals surface area contributed by atoms with Gasteiger partial charge < -0.3 is 29.8 Å². The van der Waals surface area contributed by atoms with E-state index in [9.17, 15) is 14.2 Å². The van der Waals surface area contributed by atoms with Gasteiger partial charge in [-0.1, -0.05) is 6.07 Å². The number of carbonyl (C=O) groups excluding carboxylic acids is 1. The molecule has 0 aromatic carbocycles. The Morgan fingerprint density at radius 1 is 1.16 bits per heavy atom. The fraction of sp³-hybridized carbons (Fsp3) is 0.542. The lowest BCUT2D eigenvalue weighted by Crippen LogP contribution is -2.37. The van der Waals surface area contributed by atoms with Crippen molar-refractivity contribution in [3.05, 3.63) is 34.4 Å². The topological polar surface area (TPSA) is 152 Å². The molecule has 0 saturated carbocycles. The number of nitrogens with two attached hydrogens (primary N) is 1. The molecule has 2 fully saturated rings. The van der Waals surface area contributed by atoms with Crippen molar-refractivity contribution in [1.82, 2.24) is 29.4 Å². The Morgan fingerprint density at radius 3 is 2.41 bits per heavy atom. The first-order chi connectivity index (χ1) is 17.3. The lowest BCUT2D eigenvalue weighted by molar-refractivity contribution is 0.0282. The maximum atomic E-state index is 12.6. The van der Waals surface area contributed by atoms with Crippen LogP contribution in [0.25, 0.3) is 11.2 Å². The summed E-state index contributed by atoms with van der Waals surface area (Å²) in [4.78, 5) is 45.0. The number of amides is 1. The Kier molecular flexibility index (Phi) is 6.05. The summed E-state index contributed by atoms with van der Waals surface area (Å²) in [6, 6.07) is 3.88. The summed E-state index contributed by atoms with van der Waals surface area (Å²) in [7, 11) is -2.77. The number of nitrogen functional groups attached to an aromatic ring is 1. The van der Waals surface area contributed by atoms with Gasteiger partial charge in [0.15, 0.2) is 17.0 Å². The van der Waals surface area contributed by atoms with Gasteiger partial charge in [0.25, 0.3) is 0 Å². The number of ether oxygens (including phenoxy) is 1. The van der Waals surface area contributed by atoms with E-state index in [1.54, 1.807) is 19.5 Å². The van der Waals surface area contributed by atoms with Crippen LogP contribution in [-0.2, 0) is 15.8 Å². The van der Waals surface area contributed by atoms with Gasteiger partial charge in [0, 0.05) is 44.2 Å². The second kappa shape index (κ2) is 8.86. The van der Waals surface area contributed by atoms with E-state index in [2.05, 4.69) is 24.8 Å². The van der Waals surface area contributed by atoms with Crippen molar-refractivity contribution in [1.29, 1.82) is 0 Å². The third kappa shape index (κ3) is 5.07. The van der Waals surface area contributed by atoms with Gasteiger partial charge in [-0.05, 0) is 45.7 Å². The highest BCUT2D eigenvalue weighted by atomic mass is 31.2. The Balaban J connectivity index is 1.28. The minimum absolute atomic E-state index is 0.0954. The Morgan fingerprint density at radius 2 is 1.84 bits per heavy atom. The summed E-state index contributed by atoms with van der Waals surface area (Å²) < 4.78 is 19.5. The minimum Gasteiger partial charge on any atom is -0.444 e. The molecule has 2 aliphatic heterocycles. The molecular formula is C24H33N8O4P. The smallest absolute Gasteiger partial charge is 0.410 e. The molecule has 12 nitrogen and oxygen atoms in total. The molecular weight excluding hydrogens is 495 g/mol. The van der Waals surface area contributed by atoms with Crippen LogP contribution >= 0.6 is 7.14 Å². The molecule has 3 aromatic heterocycles. The van der Waals surface area contributed by atoms with Gasteiger partial charge in [-0.15, -0.1) is 0 Å². The standard InChI is InChI=1S/C24H33N8O4P/c1-24(2,3)36-23(34)31-12-15-10-30(11-16(15)13-31)17-7-6-14(8-26-17)9-32-20-18(27-22(32)33)19(25)28-21(29-20)37(4,5)35/h6-8,15-16H,9-13H2,1-5H3,(H,27,33)(H2,25,28,29). The lowest BCUT2D eigenvalue weighted by Gasteiger charge is -2.26. The number of hydrogen-bond acceptors (Lipinski definition) is 9. The average Bonchev–Trinajstić information content (AvgIpc) is 3.45. The first-order valence-electron chi connectivity index (χ1n) is 12.3. The number of imidazole rings is 1. The van der Waals surface area contributed by atoms with Crippen molar-refractivity contribution < 1.29 is 14.1 Å². The molecule has 37 heavy (non-hydrogen) atoms. The SMILES string of the molecule is CC(C)(C)OC(=O)N1CC2CN(c3ccc(Cn4c(=O)[nH]c5c(N)nc(P(C)(C)=O)nc54)cn3)CC2C1. The van der Waals surface area contributed by atoms with E-state index in [1.807, 2.05) is 37.8 Å². The Hall–Kier alpha value is -3.40. The van der Waals surface area contributed by atoms with Gasteiger partial charge in [0.05, 0.1) is 6.54 Å². The predicted molar refractivity (Wildman–Crippen MR) is 142 cm³/mol. The van der Waals surface area contributed by atoms with Crippen molar-refractivity contribution in [2.24, 2.45) is 11.8 Å². The van der Waals surface area contributed by atoms with Crippen LogP contribution in [0.2, 0.25) is 0 Å². The molecule has 2 saturated heterocycles. The summed E-state index contributed by atoms with van der Waals surface area (Å²) in [6.45, 7) is 12.0. The number of nitrogens with zero attached hydrogens (tertiary/aromatic N) is 6. The molecule has 3 aromatic rings. The number of anilines is 2. The predicted octanol–water partition coefficient (Wildman–Crippen LogP) is 1.70. The first kappa shape index (κ1) is 25.3. The fourth-order valence-electron chi connectivity index (χ4n) is 4.96. The van der Waals surface area contributed by atoms with Gasteiger partial charge in [0.1, 0.15) is 24.1 Å². The van der Waals surface area contributed by atoms with E-state index >= 15 is 0 Å². The van der Waals surface area contributed by atoms with Crippen molar-refractivity contribution in [2.45, 2.75) is 32.9 Å². The first-order valence-corrected chi connectivity index (χ1v) is 14.9. The summed E-state index contributed by atoms with van der Waals surface area (Å²) in [5.41, 5.74) is 6.74. The van der Waals surface area contributed by atoms with Gasteiger partial charge in [-0.25, -0.2) is 24.5 Å². The van der Waals surface area contributed by atoms with Crippen molar-refractivity contribution in [2.75, 3.05) is 50.1 Å². The van der Waals surface area contributed by atoms with E-state index in [-0.39, 0.29) is 29.7 Å². The molecule has 5 heterocycles. The summed E-state index contributed by atoms with van der Waals surface area (Å²) in [6.07, 6.45) is 1.50. The molecule has 3 N–H and O–H groups in total. The average molecular weight is 529 g/mol. The van der Waals surface area contributed by atoms with Crippen LogP contribution in [0.3, 0.4) is 0 Å². The summed E-state index contributed by atoms with van der Waals surface area (Å²) >= 11 is 0. The summed E-state index contributed by atoms with van der Waals surface area (Å²) in [5.74, 6) is 1.72. The van der Waals surface area contributed by atoms with E-state index in [0.717, 1.165) is 24.5 Å². The maximum Gasteiger partial charge on any atom is 0.410 e. The molecule has 13 heteroatoms. The molecule has 0 aliphatic carbocycles. The molecule has 1 amide bonds. The number of carbonyl (C=O) groups is 1. The number of aromatic amines is 1. The highest BCUT2D eigenvalue weighted by molar-refractivity contribution is 7.69. The molecule has 2 aliphatic rings. The minimum atomic E-state index is -2.77. The molecule has 198 valence electrons. The van der Waals surface area contributed by atoms with Crippen molar-refractivity contribution >= 4 is 41.6 Å². The molecule has 2 atom stereocenters. The molecule has 0 radical (unpaired) electrons. The van der Waals surface area contributed by atoms with Gasteiger partial charge in [-0.3, -0.25) is 4.57 Å². The second-order valence-corrected chi connectivity index (χ2v) is 14.4. The third-order valence-electron chi connectivity index (χ3n) is 6.73. The number of H-pyrrole nitrogens is 1. The van der Waals surface area contributed by atoms with Crippen LogP contribution < -0.4 is 21.9 Å². The van der Waals surface area contributed by atoms with E-state index in [0.29, 0.717) is 36.1 Å². The van der Waals surface area contributed by atoms with E-state index < -0.39 is 12.7 Å². The second-order valence-electron chi connectivity index (χ2n) is 11.3. The molecule has 0 spiro atoms. The zero-order valence-electron chi connectivity index (χ0n) is 21.8. The van der Waals surface area contributed by atoms with Crippen LogP contribution in [0.4, 0.5) is 16.4 Å². The van der Waals surface area contributed by atoms with E-state index in [4.69, 9.17) is 10.5 Å². The number of aromatic nitrogens is 5. The normalized spacial score (nSPS) is 20.0. The van der Waals surface area contributed by atoms with E-state index in [1.165, 1.54) is 4.57 Å². The lowest BCUT2D eigenvalue weighted by atomic mass is 10.0. The number of pyridine rings is 1. The molecule has 5 rings (SSSR count). The zero-order chi connectivity index (χ0) is 26.7. The molecule has 0 bridgehead atoms. The summed E-state index contributed by atoms with van der Waals surface area (Å²) in [5, 5.41) is 0. The molecule has 2 unspecified atom stereocenters. The van der Waals surface area contributed by atoms with Crippen LogP contribution in [0.15, 0.2) is 23.1 Å². The largest absolute Gasteiger partial charge is 0.444 e. The number of fused-ring (bicyclic) bond motifs is 2. The highest BCUT2D eigenvalue weighted by Gasteiger charge is 2.43. The van der Waals surface area contributed by atoms with Crippen LogP contribution in [0.1, 0.15) is 26.3 Å². The van der Waals surface area contributed by atoms with Gasteiger partial charge in [0.2, 0.25) is 0 Å². The number of nitrogens with one attached hydrogen (secondary N) is 1. The van der Waals surface area contributed by atoms with Crippen LogP contribution in [0.5, 0.6) is 0 Å². The highest BCUT2D eigenvalue weighted by Crippen LogP contribution is 2.35. The van der Waals surface area contributed by atoms with Crippen molar-refractivity contribution in [3.63, 3.8) is 0 Å². The van der Waals surface area contributed by atoms with Gasteiger partial charge >= 0.3 is 11.8 Å².